The Morgan fingerprint density at radius 3 is 2.75 bits per heavy atom. The summed E-state index contributed by atoms with van der Waals surface area (Å²) in [7, 11) is 0. The van der Waals surface area contributed by atoms with E-state index in [0.717, 1.165) is 19.4 Å². The zero-order valence-corrected chi connectivity index (χ0v) is 23.9. The summed E-state index contributed by atoms with van der Waals surface area (Å²) in [6.07, 6.45) is 9.50. The normalized spacial score (nSPS) is 22.3. The molecule has 44 heavy (non-hydrogen) atoms. The number of alkyl halides is 1. The molecule has 0 amide bonds. The number of phenols is 1. The molecule has 3 saturated heterocycles. The number of fused-ring (bicyclic) bond motifs is 3. The number of hydrogen-bond donors (Lipinski definition) is 1. The second-order valence-electron chi connectivity index (χ2n) is 11.9. The second-order valence-corrected chi connectivity index (χ2v) is 11.9. The van der Waals surface area contributed by atoms with Crippen LogP contribution in [-0.2, 0) is 0 Å². The van der Waals surface area contributed by atoms with Gasteiger partial charge in [-0.2, -0.15) is 15.2 Å². The molecule has 3 aliphatic heterocycles. The van der Waals surface area contributed by atoms with Crippen LogP contribution in [0.15, 0.2) is 30.5 Å². The third kappa shape index (κ3) is 4.63. The predicted octanol–water partition coefficient (Wildman–Crippen LogP) is 5.51. The number of anilines is 1. The molecular formula is C33H29F3N6O2. The summed E-state index contributed by atoms with van der Waals surface area (Å²) in [5.74, 6) is 1.05. The van der Waals surface area contributed by atoms with Crippen LogP contribution in [0.25, 0.3) is 32.9 Å². The topological polar surface area (TPSA) is 98.4 Å². The lowest BCUT2D eigenvalue weighted by atomic mass is 9.95. The molecule has 0 spiro atoms. The van der Waals surface area contributed by atoms with Gasteiger partial charge in [0.1, 0.15) is 41.4 Å². The fraction of sp³-hybridized carbons (Fsp3) is 0.394. The van der Waals surface area contributed by atoms with Gasteiger partial charge in [-0.15, -0.1) is 6.42 Å². The van der Waals surface area contributed by atoms with Crippen LogP contribution >= 0.6 is 0 Å². The molecule has 2 atom stereocenters. The maximum atomic E-state index is 16.6. The first-order chi connectivity index (χ1) is 21.3. The van der Waals surface area contributed by atoms with Gasteiger partial charge in [-0.3, -0.25) is 9.88 Å². The molecule has 8 nitrogen and oxygen atoms in total. The van der Waals surface area contributed by atoms with E-state index < -0.39 is 23.3 Å². The van der Waals surface area contributed by atoms with Crippen molar-refractivity contribution < 1.29 is 23.0 Å². The van der Waals surface area contributed by atoms with Crippen molar-refractivity contribution >= 4 is 27.5 Å². The van der Waals surface area contributed by atoms with Gasteiger partial charge in [-0.05, 0) is 55.8 Å². The molecule has 4 aromatic rings. The third-order valence-corrected chi connectivity index (χ3v) is 9.30. The van der Waals surface area contributed by atoms with Gasteiger partial charge in [0.2, 0.25) is 0 Å². The van der Waals surface area contributed by atoms with Crippen molar-refractivity contribution in [3.8, 4) is 41.4 Å². The molecule has 224 valence electrons. The fourth-order valence-corrected chi connectivity index (χ4v) is 7.14. The van der Waals surface area contributed by atoms with E-state index in [-0.39, 0.29) is 52.0 Å². The number of nitrogens with zero attached hydrogens (tertiary/aromatic N) is 6. The number of ether oxygens (including phenoxy) is 1. The molecule has 0 aliphatic carbocycles. The van der Waals surface area contributed by atoms with E-state index in [1.807, 2.05) is 4.90 Å². The van der Waals surface area contributed by atoms with Gasteiger partial charge < -0.3 is 14.7 Å². The molecule has 5 heterocycles. The number of aromatic nitrogens is 3. The van der Waals surface area contributed by atoms with Crippen LogP contribution in [0, 0.1) is 41.2 Å². The number of nitriles is 1. The van der Waals surface area contributed by atoms with E-state index in [0.29, 0.717) is 55.5 Å². The van der Waals surface area contributed by atoms with Crippen LogP contribution in [0.3, 0.4) is 0 Å². The maximum absolute atomic E-state index is 16.6. The number of benzene rings is 2. The zero-order valence-electron chi connectivity index (χ0n) is 23.9. The lowest BCUT2D eigenvalue weighted by Crippen LogP contribution is -2.43. The lowest BCUT2D eigenvalue weighted by Gasteiger charge is -2.32. The average molecular weight is 599 g/mol. The minimum Gasteiger partial charge on any atom is -0.508 e. The van der Waals surface area contributed by atoms with Gasteiger partial charge in [0.05, 0.1) is 22.6 Å². The fourth-order valence-electron chi connectivity index (χ4n) is 7.14. The Kier molecular flexibility index (Phi) is 6.94. The van der Waals surface area contributed by atoms with E-state index >= 15 is 4.39 Å². The maximum Gasteiger partial charge on any atom is 0.319 e. The highest BCUT2D eigenvalue weighted by atomic mass is 19.1. The predicted molar refractivity (Wildman–Crippen MR) is 159 cm³/mol. The first-order valence-corrected chi connectivity index (χ1v) is 14.7. The average Bonchev–Trinajstić information content (AvgIpc) is 3.55. The lowest BCUT2D eigenvalue weighted by molar-refractivity contribution is 0.107. The number of terminal acetylenes is 1. The molecule has 0 saturated carbocycles. The largest absolute Gasteiger partial charge is 0.508 e. The third-order valence-electron chi connectivity index (χ3n) is 9.30. The van der Waals surface area contributed by atoms with Gasteiger partial charge in [0.25, 0.3) is 0 Å². The number of aromatic hydroxyl groups is 1. The number of hydrogen-bond acceptors (Lipinski definition) is 8. The standard InChI is InChI=1S/C33H29F3N6O2/c1-2-23-26(35)5-4-20-12-22(43)13-24(27(20)23)29-28(36)30-25(16-38-29)31(41-10-6-19(15-37)7-11-41)40-32(39-30)44-18-33-8-3-9-42(33)17-21(34)14-33/h1,4-5,12-13,16,19,21,43H,3,6-11,14,17-18H2/t21-,33+/m1/s1. The van der Waals surface area contributed by atoms with Crippen LogP contribution in [0.1, 0.15) is 37.7 Å². The number of phenolic OH excluding ortho intramolecular Hbond substituents is 1. The molecule has 2 aromatic heterocycles. The van der Waals surface area contributed by atoms with Crippen molar-refractivity contribution in [3.05, 3.63) is 47.7 Å². The quantitative estimate of drug-likeness (QED) is 0.301. The molecule has 0 bridgehead atoms. The Labute approximate surface area is 252 Å². The van der Waals surface area contributed by atoms with Crippen molar-refractivity contribution in [2.45, 2.75) is 43.8 Å². The van der Waals surface area contributed by atoms with Crippen molar-refractivity contribution in [1.82, 2.24) is 19.9 Å². The summed E-state index contributed by atoms with van der Waals surface area (Å²) < 4.78 is 52.0. The molecule has 1 N–H and O–H groups in total. The highest BCUT2D eigenvalue weighted by molar-refractivity contribution is 6.03. The molecule has 7 rings (SSSR count). The number of piperidine rings is 1. The summed E-state index contributed by atoms with van der Waals surface area (Å²) in [6.45, 7) is 2.37. The molecule has 11 heteroatoms. The van der Waals surface area contributed by atoms with Gasteiger partial charge in [0.15, 0.2) is 5.82 Å². The van der Waals surface area contributed by atoms with E-state index in [1.165, 1.54) is 30.5 Å². The molecule has 3 aliphatic rings. The van der Waals surface area contributed by atoms with E-state index in [2.05, 4.69) is 31.8 Å². The van der Waals surface area contributed by atoms with Crippen molar-refractivity contribution in [3.63, 3.8) is 0 Å². The van der Waals surface area contributed by atoms with Gasteiger partial charge >= 0.3 is 6.01 Å². The Hall–Kier alpha value is -4.61. The van der Waals surface area contributed by atoms with Crippen LogP contribution in [0.5, 0.6) is 11.8 Å². The molecule has 0 unspecified atom stereocenters. The smallest absolute Gasteiger partial charge is 0.319 e. The number of pyridine rings is 1. The molecular weight excluding hydrogens is 569 g/mol. The Balaban J connectivity index is 1.37. The van der Waals surface area contributed by atoms with Crippen LogP contribution in [-0.4, -0.2) is 69.5 Å². The molecule has 0 radical (unpaired) electrons. The van der Waals surface area contributed by atoms with Gasteiger partial charge in [0, 0.05) is 49.1 Å². The van der Waals surface area contributed by atoms with E-state index in [1.54, 1.807) is 0 Å². The SMILES string of the molecule is C#Cc1c(F)ccc2cc(O)cc(-c3ncc4c(N5CCC(C#N)CC5)nc(OC[C@@]56CCCN5C[C@H](F)C6)nc4c3F)c12. The van der Waals surface area contributed by atoms with Crippen molar-refractivity contribution in [1.29, 1.82) is 5.26 Å². The molecule has 3 fully saturated rings. The first-order valence-electron chi connectivity index (χ1n) is 14.7. The van der Waals surface area contributed by atoms with Crippen molar-refractivity contribution in [2.24, 2.45) is 5.92 Å². The van der Waals surface area contributed by atoms with Crippen LogP contribution in [0.2, 0.25) is 0 Å². The van der Waals surface area contributed by atoms with E-state index in [9.17, 15) is 19.1 Å². The van der Waals surface area contributed by atoms with Crippen molar-refractivity contribution in [2.75, 3.05) is 37.7 Å². The Morgan fingerprint density at radius 2 is 1.98 bits per heavy atom. The summed E-state index contributed by atoms with van der Waals surface area (Å²) in [4.78, 5) is 17.7. The van der Waals surface area contributed by atoms with Crippen LogP contribution < -0.4 is 9.64 Å². The first kappa shape index (κ1) is 28.2. The second kappa shape index (κ2) is 10.8. The Bertz CT molecular complexity index is 1880. The monoisotopic (exact) mass is 598 g/mol. The summed E-state index contributed by atoms with van der Waals surface area (Å²) >= 11 is 0. The highest BCUT2D eigenvalue weighted by Gasteiger charge is 2.49. The number of rotatable bonds is 5. The summed E-state index contributed by atoms with van der Waals surface area (Å²) in [6, 6.07) is 7.64. The molecule has 2 aromatic carbocycles. The van der Waals surface area contributed by atoms with E-state index in [4.69, 9.17) is 11.2 Å². The summed E-state index contributed by atoms with van der Waals surface area (Å²) in [5, 5.41) is 20.9. The summed E-state index contributed by atoms with van der Waals surface area (Å²) in [5.41, 5.74) is -0.653. The minimum atomic E-state index is -0.936. The highest BCUT2D eigenvalue weighted by Crippen LogP contribution is 2.42. The number of halogens is 3. The van der Waals surface area contributed by atoms with Gasteiger partial charge in [-0.25, -0.2) is 13.2 Å². The van der Waals surface area contributed by atoms with Gasteiger partial charge in [-0.1, -0.05) is 12.0 Å². The zero-order chi connectivity index (χ0) is 30.6. The van der Waals surface area contributed by atoms with Crippen LogP contribution in [0.4, 0.5) is 19.0 Å². The Morgan fingerprint density at radius 1 is 1.16 bits per heavy atom. The minimum absolute atomic E-state index is 0.0504.